The van der Waals surface area contributed by atoms with Crippen LogP contribution >= 0.6 is 11.6 Å². The number of halogens is 1. The number of nitrogens with one attached hydrogen (secondary N) is 1. The largest absolute Gasteiger partial charge is 0.451 e. The molecule has 2 aromatic rings. The molecule has 2 rings (SSSR count). The highest BCUT2D eigenvalue weighted by Gasteiger charge is 2.12. The van der Waals surface area contributed by atoms with E-state index < -0.39 is 0 Å². The molecule has 0 bridgehead atoms. The number of furan rings is 1. The number of carbonyl (C=O) groups is 1. The van der Waals surface area contributed by atoms with Gasteiger partial charge < -0.3 is 4.42 Å². The molecule has 84 valence electrons. The first-order valence-electron chi connectivity index (χ1n) is 4.73. The molecular weight excluding hydrogens is 228 g/mol. The second kappa shape index (κ2) is 4.15. The lowest BCUT2D eigenvalue weighted by atomic mass is 10.2. The number of rotatable bonds is 2. The summed E-state index contributed by atoms with van der Waals surface area (Å²) in [6.45, 7) is 0. The fourth-order valence-electron chi connectivity index (χ4n) is 1.38. The van der Waals surface area contributed by atoms with Crippen LogP contribution in [0.15, 0.2) is 28.7 Å². The van der Waals surface area contributed by atoms with Crippen LogP contribution in [-0.4, -0.2) is 25.0 Å². The van der Waals surface area contributed by atoms with Gasteiger partial charge in [0, 0.05) is 24.5 Å². The number of amides is 1. The average Bonchev–Trinajstić information content (AvgIpc) is 2.59. The third-order valence-electron chi connectivity index (χ3n) is 2.03. The van der Waals surface area contributed by atoms with Crippen molar-refractivity contribution in [3.05, 3.63) is 35.0 Å². The van der Waals surface area contributed by atoms with E-state index in [4.69, 9.17) is 16.0 Å². The summed E-state index contributed by atoms with van der Waals surface area (Å²) in [4.78, 5) is 11.6. The summed E-state index contributed by atoms with van der Waals surface area (Å²) in [5.41, 5.74) is 3.25. The van der Waals surface area contributed by atoms with Gasteiger partial charge in [0.2, 0.25) is 0 Å². The Hall–Kier alpha value is -1.52. The summed E-state index contributed by atoms with van der Waals surface area (Å²) in [7, 11) is 3.47. The van der Waals surface area contributed by atoms with E-state index >= 15 is 0 Å². The number of nitrogens with zero attached hydrogens (tertiary/aromatic N) is 1. The van der Waals surface area contributed by atoms with Gasteiger partial charge in [-0.2, -0.15) is 0 Å². The molecule has 0 atom stereocenters. The van der Waals surface area contributed by atoms with Gasteiger partial charge in [0.25, 0.3) is 0 Å². The monoisotopic (exact) mass is 238 g/mol. The highest BCUT2D eigenvalue weighted by atomic mass is 35.5. The molecule has 4 nitrogen and oxygen atoms in total. The Labute approximate surface area is 97.7 Å². The lowest BCUT2D eigenvalue weighted by molar-refractivity contribution is 0.0830. The first kappa shape index (κ1) is 11.0. The first-order valence-corrected chi connectivity index (χ1v) is 5.11. The number of hydrogen-bond acceptors (Lipinski definition) is 3. The summed E-state index contributed by atoms with van der Waals surface area (Å²) >= 11 is 5.84. The standard InChI is InChI=1S/C11H11ClN2O2/c1-14(2)13-11(15)10-6-7-5-8(12)3-4-9(7)16-10/h3-6H,1-2H3,(H,13,15). The van der Waals surface area contributed by atoms with E-state index in [-0.39, 0.29) is 11.7 Å². The van der Waals surface area contributed by atoms with Crippen molar-refractivity contribution >= 4 is 28.5 Å². The molecule has 0 saturated carbocycles. The molecule has 0 spiro atoms. The molecule has 0 aliphatic carbocycles. The molecule has 1 aromatic carbocycles. The SMILES string of the molecule is CN(C)NC(=O)c1cc2cc(Cl)ccc2o1. The van der Waals surface area contributed by atoms with Gasteiger partial charge in [-0.15, -0.1) is 0 Å². The van der Waals surface area contributed by atoms with Crippen LogP contribution in [0, 0.1) is 0 Å². The van der Waals surface area contributed by atoms with Crippen LogP contribution < -0.4 is 5.43 Å². The summed E-state index contributed by atoms with van der Waals surface area (Å²) in [5, 5.41) is 2.99. The summed E-state index contributed by atoms with van der Waals surface area (Å²) < 4.78 is 5.39. The Kier molecular flexibility index (Phi) is 2.85. The van der Waals surface area contributed by atoms with Gasteiger partial charge >= 0.3 is 5.91 Å². The Morgan fingerprint density at radius 2 is 2.12 bits per heavy atom. The molecule has 1 heterocycles. The molecule has 5 heteroatoms. The van der Waals surface area contributed by atoms with Crippen LogP contribution in [0.5, 0.6) is 0 Å². The normalized spacial score (nSPS) is 11.0. The van der Waals surface area contributed by atoms with Gasteiger partial charge in [-0.1, -0.05) is 11.6 Å². The van der Waals surface area contributed by atoms with Crippen LogP contribution in [0.3, 0.4) is 0 Å². The molecule has 0 radical (unpaired) electrons. The minimum Gasteiger partial charge on any atom is -0.451 e. The predicted molar refractivity (Wildman–Crippen MR) is 62.4 cm³/mol. The molecule has 0 aliphatic heterocycles. The Morgan fingerprint density at radius 3 is 2.81 bits per heavy atom. The second-order valence-corrected chi connectivity index (χ2v) is 4.06. The molecule has 0 unspecified atom stereocenters. The van der Waals surface area contributed by atoms with Gasteiger partial charge in [-0.25, -0.2) is 5.01 Å². The molecule has 1 aromatic heterocycles. The maximum atomic E-state index is 11.6. The molecule has 0 saturated heterocycles. The summed E-state index contributed by atoms with van der Waals surface area (Å²) in [6, 6.07) is 6.89. The molecule has 16 heavy (non-hydrogen) atoms. The number of hydrazine groups is 1. The van der Waals surface area contributed by atoms with E-state index in [9.17, 15) is 4.79 Å². The molecular formula is C11H11ClN2O2. The number of benzene rings is 1. The smallest absolute Gasteiger partial charge is 0.301 e. The lowest BCUT2D eigenvalue weighted by Crippen LogP contribution is -2.35. The van der Waals surface area contributed by atoms with E-state index in [1.54, 1.807) is 43.4 Å². The van der Waals surface area contributed by atoms with E-state index in [0.717, 1.165) is 5.39 Å². The van der Waals surface area contributed by atoms with Crippen LogP contribution in [-0.2, 0) is 0 Å². The number of hydrogen-bond donors (Lipinski definition) is 1. The maximum absolute atomic E-state index is 11.6. The quantitative estimate of drug-likeness (QED) is 0.817. The maximum Gasteiger partial charge on any atom is 0.301 e. The van der Waals surface area contributed by atoms with Crippen molar-refractivity contribution in [2.24, 2.45) is 0 Å². The topological polar surface area (TPSA) is 45.5 Å². The van der Waals surface area contributed by atoms with Crippen LogP contribution in [0.2, 0.25) is 5.02 Å². The van der Waals surface area contributed by atoms with Gasteiger partial charge in [0.15, 0.2) is 5.76 Å². The zero-order chi connectivity index (χ0) is 11.7. The molecule has 1 amide bonds. The van der Waals surface area contributed by atoms with Crippen molar-refractivity contribution in [2.45, 2.75) is 0 Å². The number of fused-ring (bicyclic) bond motifs is 1. The van der Waals surface area contributed by atoms with Crippen molar-refractivity contribution in [1.29, 1.82) is 0 Å². The highest BCUT2D eigenvalue weighted by Crippen LogP contribution is 2.22. The Bertz CT molecular complexity index is 534. The van der Waals surface area contributed by atoms with Gasteiger partial charge in [0.05, 0.1) is 0 Å². The minimum absolute atomic E-state index is 0.269. The zero-order valence-corrected chi connectivity index (χ0v) is 9.71. The third kappa shape index (κ3) is 2.18. The van der Waals surface area contributed by atoms with Crippen LogP contribution in [0.25, 0.3) is 11.0 Å². The number of carbonyl (C=O) groups excluding carboxylic acids is 1. The Morgan fingerprint density at radius 1 is 1.38 bits per heavy atom. The van der Waals surface area contributed by atoms with E-state index in [1.807, 2.05) is 0 Å². The van der Waals surface area contributed by atoms with E-state index in [0.29, 0.717) is 10.6 Å². The van der Waals surface area contributed by atoms with E-state index in [2.05, 4.69) is 5.43 Å². The first-order chi connectivity index (χ1) is 7.56. The van der Waals surface area contributed by atoms with Crippen molar-refractivity contribution in [2.75, 3.05) is 14.1 Å². The summed E-state index contributed by atoms with van der Waals surface area (Å²) in [6.07, 6.45) is 0. The van der Waals surface area contributed by atoms with E-state index in [1.165, 1.54) is 0 Å². The highest BCUT2D eigenvalue weighted by molar-refractivity contribution is 6.31. The third-order valence-corrected chi connectivity index (χ3v) is 2.26. The second-order valence-electron chi connectivity index (χ2n) is 3.63. The van der Waals surface area contributed by atoms with Crippen LogP contribution in [0.1, 0.15) is 10.6 Å². The average molecular weight is 239 g/mol. The van der Waals surface area contributed by atoms with Gasteiger partial charge in [0.1, 0.15) is 5.58 Å². The van der Waals surface area contributed by atoms with Gasteiger partial charge in [-0.05, 0) is 24.3 Å². The summed E-state index contributed by atoms with van der Waals surface area (Å²) in [5.74, 6) is -0.0108. The van der Waals surface area contributed by atoms with Crippen molar-refractivity contribution < 1.29 is 9.21 Å². The fourth-order valence-corrected chi connectivity index (χ4v) is 1.56. The van der Waals surface area contributed by atoms with Gasteiger partial charge in [-0.3, -0.25) is 10.2 Å². The van der Waals surface area contributed by atoms with Crippen LogP contribution in [0.4, 0.5) is 0 Å². The van der Waals surface area contributed by atoms with Crippen molar-refractivity contribution in [1.82, 2.24) is 10.4 Å². The van der Waals surface area contributed by atoms with Crippen molar-refractivity contribution in [3.8, 4) is 0 Å². The zero-order valence-electron chi connectivity index (χ0n) is 8.95. The molecule has 0 fully saturated rings. The minimum atomic E-state index is -0.280. The molecule has 1 N–H and O–H groups in total. The lowest BCUT2D eigenvalue weighted by Gasteiger charge is -2.09. The Balaban J connectivity index is 2.36. The fraction of sp³-hybridized carbons (Fsp3) is 0.182. The predicted octanol–water partition coefficient (Wildman–Crippen LogP) is 2.29. The van der Waals surface area contributed by atoms with Crippen molar-refractivity contribution in [3.63, 3.8) is 0 Å². The molecule has 0 aliphatic rings.